The van der Waals surface area contributed by atoms with Gasteiger partial charge in [0, 0.05) is 17.3 Å². The topological polar surface area (TPSA) is 70.7 Å². The molecule has 3 aromatic carbocycles. The minimum absolute atomic E-state index is 0.0295. The summed E-state index contributed by atoms with van der Waals surface area (Å²) >= 11 is 0. The first-order valence-corrected chi connectivity index (χ1v) is 11.3. The minimum Gasteiger partial charge on any atom is -0.345 e. The Hall–Kier alpha value is -4.43. The first-order chi connectivity index (χ1) is 16.6. The number of aryl methyl sites for hydroxylation is 1. The maximum atomic E-state index is 13.0. The average Bonchev–Trinajstić information content (AvgIpc) is 3.32. The zero-order valence-electron chi connectivity index (χ0n) is 19.3. The Bertz CT molecular complexity index is 1330. The highest BCUT2D eigenvalue weighted by Gasteiger charge is 2.17. The second kappa shape index (κ2) is 10.5. The third kappa shape index (κ3) is 5.13. The van der Waals surface area contributed by atoms with Crippen LogP contribution in [0.4, 0.5) is 0 Å². The number of rotatable bonds is 7. The van der Waals surface area contributed by atoms with E-state index in [0.29, 0.717) is 11.3 Å². The molecular formula is C29H26N4O. The van der Waals surface area contributed by atoms with Crippen LogP contribution >= 0.6 is 0 Å². The molecule has 0 aliphatic carbocycles. The van der Waals surface area contributed by atoms with Crippen molar-refractivity contribution in [2.45, 2.75) is 26.3 Å². The number of nitrogens with zero attached hydrogens (tertiary/aromatic N) is 3. The first kappa shape index (κ1) is 22.8. The van der Waals surface area contributed by atoms with Gasteiger partial charge >= 0.3 is 0 Å². The molecule has 0 spiro atoms. The Balaban J connectivity index is 1.65. The van der Waals surface area contributed by atoms with E-state index in [4.69, 9.17) is 5.10 Å². The summed E-state index contributed by atoms with van der Waals surface area (Å²) in [6, 6.07) is 29.5. The zero-order chi connectivity index (χ0) is 23.9. The average molecular weight is 447 g/mol. The third-order valence-electron chi connectivity index (χ3n) is 5.71. The van der Waals surface area contributed by atoms with Crippen LogP contribution in [0.3, 0.4) is 0 Å². The molecule has 0 aliphatic heterocycles. The van der Waals surface area contributed by atoms with Gasteiger partial charge in [-0.15, -0.1) is 0 Å². The predicted molar refractivity (Wildman–Crippen MR) is 135 cm³/mol. The number of carbonyl (C=O) groups is 1. The van der Waals surface area contributed by atoms with Gasteiger partial charge in [-0.25, -0.2) is 4.68 Å². The lowest BCUT2D eigenvalue weighted by atomic mass is 10.0. The van der Waals surface area contributed by atoms with Crippen molar-refractivity contribution in [1.82, 2.24) is 15.1 Å². The van der Waals surface area contributed by atoms with Crippen LogP contribution in [-0.2, 0) is 11.2 Å². The van der Waals surface area contributed by atoms with Crippen LogP contribution in [0.25, 0.3) is 23.0 Å². The van der Waals surface area contributed by atoms with Gasteiger partial charge < -0.3 is 5.32 Å². The third-order valence-corrected chi connectivity index (χ3v) is 5.71. The summed E-state index contributed by atoms with van der Waals surface area (Å²) < 4.78 is 1.76. The molecule has 1 N–H and O–H groups in total. The molecule has 168 valence electrons. The van der Waals surface area contributed by atoms with Gasteiger partial charge in [0.15, 0.2) is 0 Å². The maximum absolute atomic E-state index is 13.0. The monoisotopic (exact) mass is 446 g/mol. The molecule has 4 rings (SSSR count). The molecule has 5 nitrogen and oxygen atoms in total. The highest BCUT2D eigenvalue weighted by Crippen LogP contribution is 2.26. The van der Waals surface area contributed by atoms with Crippen molar-refractivity contribution < 1.29 is 4.79 Å². The van der Waals surface area contributed by atoms with E-state index >= 15 is 0 Å². The Labute approximate surface area is 200 Å². The number of amides is 1. The Kier molecular flexibility index (Phi) is 7.00. The first-order valence-electron chi connectivity index (χ1n) is 11.3. The molecule has 34 heavy (non-hydrogen) atoms. The molecule has 0 aliphatic rings. The summed E-state index contributed by atoms with van der Waals surface area (Å²) in [5.74, 6) is -0.416. The van der Waals surface area contributed by atoms with Crippen molar-refractivity contribution in [1.29, 1.82) is 5.26 Å². The van der Waals surface area contributed by atoms with Gasteiger partial charge in [-0.2, -0.15) is 10.4 Å². The lowest BCUT2D eigenvalue weighted by Crippen LogP contribution is -2.27. The molecule has 0 saturated carbocycles. The molecule has 0 bridgehead atoms. The molecule has 1 aromatic heterocycles. The predicted octanol–water partition coefficient (Wildman–Crippen LogP) is 5.89. The van der Waals surface area contributed by atoms with Gasteiger partial charge in [0.1, 0.15) is 11.6 Å². The van der Waals surface area contributed by atoms with Crippen molar-refractivity contribution in [3.63, 3.8) is 0 Å². The van der Waals surface area contributed by atoms with Crippen molar-refractivity contribution >= 4 is 12.0 Å². The van der Waals surface area contributed by atoms with E-state index in [1.807, 2.05) is 85.9 Å². The summed E-state index contributed by atoms with van der Waals surface area (Å²) in [5, 5.41) is 17.5. The molecule has 1 heterocycles. The highest BCUT2D eigenvalue weighted by molar-refractivity contribution is 6.02. The van der Waals surface area contributed by atoms with Gasteiger partial charge in [-0.1, -0.05) is 79.7 Å². The number of nitriles is 1. The number of carbonyl (C=O) groups excluding carboxylic acids is 1. The van der Waals surface area contributed by atoms with Crippen LogP contribution in [0, 0.1) is 11.3 Å². The number of aromatic nitrogens is 2. The number of para-hydroxylation sites is 1. The Morgan fingerprint density at radius 2 is 1.68 bits per heavy atom. The summed E-state index contributed by atoms with van der Waals surface area (Å²) in [5.41, 5.74) is 5.46. The van der Waals surface area contributed by atoms with Gasteiger partial charge in [0.05, 0.1) is 17.4 Å². The highest BCUT2D eigenvalue weighted by atomic mass is 16.1. The Morgan fingerprint density at radius 1 is 1.03 bits per heavy atom. The van der Waals surface area contributed by atoms with E-state index in [1.54, 1.807) is 10.8 Å². The van der Waals surface area contributed by atoms with E-state index in [1.165, 1.54) is 5.56 Å². The van der Waals surface area contributed by atoms with E-state index in [2.05, 4.69) is 30.4 Å². The zero-order valence-corrected chi connectivity index (χ0v) is 19.3. The minimum atomic E-state index is -0.416. The van der Waals surface area contributed by atoms with Crippen molar-refractivity contribution in [3.05, 3.63) is 113 Å². The van der Waals surface area contributed by atoms with Crippen molar-refractivity contribution in [3.8, 4) is 23.0 Å². The normalized spacial score (nSPS) is 12.1. The fourth-order valence-corrected chi connectivity index (χ4v) is 3.73. The second-order valence-electron chi connectivity index (χ2n) is 8.04. The molecule has 1 amide bonds. The molecule has 5 heteroatoms. The molecule has 0 radical (unpaired) electrons. The van der Waals surface area contributed by atoms with Crippen molar-refractivity contribution in [2.75, 3.05) is 0 Å². The number of hydrogen-bond donors (Lipinski definition) is 1. The quantitative estimate of drug-likeness (QED) is 0.284. The summed E-state index contributed by atoms with van der Waals surface area (Å²) in [6.07, 6.45) is 4.41. The van der Waals surface area contributed by atoms with Crippen LogP contribution in [0.5, 0.6) is 0 Å². The molecule has 1 atom stereocenters. The van der Waals surface area contributed by atoms with Gasteiger partial charge in [0.2, 0.25) is 0 Å². The van der Waals surface area contributed by atoms with Crippen LogP contribution in [0.1, 0.15) is 36.6 Å². The van der Waals surface area contributed by atoms with E-state index in [0.717, 1.165) is 23.2 Å². The molecule has 4 aromatic rings. The van der Waals surface area contributed by atoms with Crippen molar-refractivity contribution in [2.24, 2.45) is 0 Å². The SMILES string of the molecule is CCc1ccc(C(C)NC(=O)C(C#N)=Cc2cn(-c3ccccc3)nc2-c2ccccc2)cc1. The largest absolute Gasteiger partial charge is 0.345 e. The lowest BCUT2D eigenvalue weighted by molar-refractivity contribution is -0.117. The maximum Gasteiger partial charge on any atom is 0.262 e. The Morgan fingerprint density at radius 3 is 2.29 bits per heavy atom. The van der Waals surface area contributed by atoms with Crippen LogP contribution in [0.2, 0.25) is 0 Å². The molecule has 1 unspecified atom stereocenters. The van der Waals surface area contributed by atoms with Gasteiger partial charge in [-0.3, -0.25) is 4.79 Å². The van der Waals surface area contributed by atoms with Crippen LogP contribution < -0.4 is 5.32 Å². The standard InChI is InChI=1S/C29H26N4O/c1-3-22-14-16-23(17-15-22)21(2)31-29(34)25(19-30)18-26-20-33(27-12-8-5-9-13-27)32-28(26)24-10-6-4-7-11-24/h4-18,20-21H,3H2,1-2H3,(H,31,34). The fourth-order valence-electron chi connectivity index (χ4n) is 3.73. The molecular weight excluding hydrogens is 420 g/mol. The lowest BCUT2D eigenvalue weighted by Gasteiger charge is -2.14. The van der Waals surface area contributed by atoms with E-state index in [-0.39, 0.29) is 11.6 Å². The van der Waals surface area contributed by atoms with Gasteiger partial charge in [0.25, 0.3) is 5.91 Å². The summed E-state index contributed by atoms with van der Waals surface area (Å²) in [7, 11) is 0. The fraction of sp³-hybridized carbons (Fsp3) is 0.138. The van der Waals surface area contributed by atoms with Crippen LogP contribution in [0.15, 0.2) is 96.7 Å². The summed E-state index contributed by atoms with van der Waals surface area (Å²) in [6.45, 7) is 4.02. The van der Waals surface area contributed by atoms with E-state index in [9.17, 15) is 10.1 Å². The molecule has 0 fully saturated rings. The number of nitrogens with one attached hydrogen (secondary N) is 1. The smallest absolute Gasteiger partial charge is 0.262 e. The number of hydrogen-bond acceptors (Lipinski definition) is 3. The second-order valence-corrected chi connectivity index (χ2v) is 8.04. The van der Waals surface area contributed by atoms with Gasteiger partial charge in [-0.05, 0) is 42.7 Å². The molecule has 0 saturated heterocycles. The number of benzene rings is 3. The van der Waals surface area contributed by atoms with E-state index < -0.39 is 5.91 Å². The summed E-state index contributed by atoms with van der Waals surface area (Å²) in [4.78, 5) is 13.0. The van der Waals surface area contributed by atoms with Crippen LogP contribution in [-0.4, -0.2) is 15.7 Å².